The first-order valence-corrected chi connectivity index (χ1v) is 8.93. The van der Waals surface area contributed by atoms with Crippen LogP contribution in [0.2, 0.25) is 0 Å². The molecule has 1 aromatic rings. The van der Waals surface area contributed by atoms with Crippen LogP contribution in [-0.4, -0.2) is 43.6 Å². The van der Waals surface area contributed by atoms with Gasteiger partial charge in [-0.15, -0.1) is 0 Å². The van der Waals surface area contributed by atoms with E-state index in [-0.39, 0.29) is 0 Å². The van der Waals surface area contributed by atoms with E-state index in [1.54, 1.807) is 10.5 Å². The van der Waals surface area contributed by atoms with Crippen molar-refractivity contribution in [1.82, 2.24) is 14.6 Å². The zero-order valence-corrected chi connectivity index (χ0v) is 12.9. The van der Waals surface area contributed by atoms with Crippen LogP contribution in [-0.2, 0) is 23.0 Å². The van der Waals surface area contributed by atoms with E-state index in [1.165, 1.54) is 6.26 Å². The summed E-state index contributed by atoms with van der Waals surface area (Å²) in [6.07, 6.45) is 5.87. The van der Waals surface area contributed by atoms with Crippen molar-refractivity contribution in [2.24, 2.45) is 5.92 Å². The molecule has 0 aliphatic carbocycles. The Morgan fingerprint density at radius 2 is 2.35 bits per heavy atom. The molecule has 1 aromatic heterocycles. The van der Waals surface area contributed by atoms with E-state index in [0.717, 1.165) is 31.6 Å². The molecular weight excluding hydrogens is 278 g/mol. The summed E-state index contributed by atoms with van der Waals surface area (Å²) < 4.78 is 30.2. The molecule has 1 aliphatic rings. The number of nitrogens with zero attached hydrogens (tertiary/aromatic N) is 2. The maximum Gasteiger partial charge on any atom is 0.211 e. The molecule has 1 unspecified atom stereocenters. The fourth-order valence-corrected chi connectivity index (χ4v) is 3.41. The van der Waals surface area contributed by atoms with Gasteiger partial charge in [-0.2, -0.15) is 0 Å². The summed E-state index contributed by atoms with van der Waals surface area (Å²) in [5, 5.41) is 3.30. The van der Waals surface area contributed by atoms with Crippen molar-refractivity contribution in [2.75, 3.05) is 25.9 Å². The quantitative estimate of drug-likeness (QED) is 0.848. The van der Waals surface area contributed by atoms with E-state index >= 15 is 0 Å². The van der Waals surface area contributed by atoms with Gasteiger partial charge in [0.05, 0.1) is 19.0 Å². The number of piperidine rings is 1. The van der Waals surface area contributed by atoms with Crippen LogP contribution in [0.15, 0.2) is 10.6 Å². The summed E-state index contributed by atoms with van der Waals surface area (Å²) >= 11 is 0. The van der Waals surface area contributed by atoms with E-state index in [9.17, 15) is 8.42 Å². The van der Waals surface area contributed by atoms with Gasteiger partial charge in [0, 0.05) is 19.5 Å². The smallest absolute Gasteiger partial charge is 0.211 e. The Kier molecular flexibility index (Phi) is 5.17. The van der Waals surface area contributed by atoms with Crippen LogP contribution >= 0.6 is 0 Å². The highest BCUT2D eigenvalue weighted by Gasteiger charge is 2.25. The van der Waals surface area contributed by atoms with Gasteiger partial charge in [-0.1, -0.05) is 6.92 Å². The van der Waals surface area contributed by atoms with Gasteiger partial charge in [0.25, 0.3) is 0 Å². The highest BCUT2D eigenvalue weighted by Crippen LogP contribution is 2.18. The summed E-state index contributed by atoms with van der Waals surface area (Å²) in [7, 11) is -3.06. The molecule has 0 radical (unpaired) electrons. The minimum absolute atomic E-state index is 0.360. The summed E-state index contributed by atoms with van der Waals surface area (Å²) in [5.74, 6) is 1.94. The lowest BCUT2D eigenvalue weighted by molar-refractivity contribution is 0.259. The van der Waals surface area contributed by atoms with Crippen LogP contribution in [0.4, 0.5) is 0 Å². The first kappa shape index (κ1) is 15.5. The van der Waals surface area contributed by atoms with E-state index in [2.05, 4.69) is 10.3 Å². The van der Waals surface area contributed by atoms with Crippen molar-refractivity contribution >= 4 is 10.0 Å². The predicted molar refractivity (Wildman–Crippen MR) is 76.7 cm³/mol. The van der Waals surface area contributed by atoms with Gasteiger partial charge < -0.3 is 9.73 Å². The Morgan fingerprint density at radius 1 is 1.55 bits per heavy atom. The van der Waals surface area contributed by atoms with E-state index in [4.69, 9.17) is 4.42 Å². The Balaban J connectivity index is 1.76. The Labute approximate surface area is 120 Å². The summed E-state index contributed by atoms with van der Waals surface area (Å²) in [4.78, 5) is 4.19. The largest absolute Gasteiger partial charge is 0.444 e. The minimum Gasteiger partial charge on any atom is -0.444 e. The second-order valence-corrected chi connectivity index (χ2v) is 7.32. The molecule has 6 nitrogen and oxygen atoms in total. The molecule has 0 saturated carbocycles. The van der Waals surface area contributed by atoms with Gasteiger partial charge in [-0.05, 0) is 25.3 Å². The Bertz CT molecular complexity index is 527. The zero-order valence-electron chi connectivity index (χ0n) is 12.1. The first-order chi connectivity index (χ1) is 9.49. The third-order valence-corrected chi connectivity index (χ3v) is 4.88. The fourth-order valence-electron chi connectivity index (χ4n) is 2.47. The van der Waals surface area contributed by atoms with Gasteiger partial charge in [0.1, 0.15) is 5.76 Å². The average molecular weight is 301 g/mol. The third kappa shape index (κ3) is 4.29. The van der Waals surface area contributed by atoms with Crippen molar-refractivity contribution in [3.63, 3.8) is 0 Å². The number of rotatable bonds is 6. The van der Waals surface area contributed by atoms with Crippen LogP contribution in [0.5, 0.6) is 0 Å². The molecule has 1 N–H and O–H groups in total. The maximum atomic E-state index is 11.5. The number of aromatic nitrogens is 1. The van der Waals surface area contributed by atoms with Crippen molar-refractivity contribution in [3.8, 4) is 0 Å². The van der Waals surface area contributed by atoms with Crippen LogP contribution in [0.1, 0.15) is 31.4 Å². The number of nitrogens with one attached hydrogen (secondary N) is 1. The summed E-state index contributed by atoms with van der Waals surface area (Å²) in [6.45, 7) is 4.66. The van der Waals surface area contributed by atoms with Crippen molar-refractivity contribution in [3.05, 3.63) is 17.8 Å². The molecule has 1 aliphatic heterocycles. The van der Waals surface area contributed by atoms with Crippen LogP contribution < -0.4 is 5.32 Å². The molecule has 0 amide bonds. The SMILES string of the molecule is CCc1cnc(CNCC2CCCN(S(C)(=O)=O)C2)o1. The van der Waals surface area contributed by atoms with Crippen molar-refractivity contribution in [1.29, 1.82) is 0 Å². The second-order valence-electron chi connectivity index (χ2n) is 5.33. The monoisotopic (exact) mass is 301 g/mol. The van der Waals surface area contributed by atoms with Gasteiger partial charge in [-0.25, -0.2) is 17.7 Å². The topological polar surface area (TPSA) is 75.4 Å². The lowest BCUT2D eigenvalue weighted by Gasteiger charge is -2.30. The molecule has 1 atom stereocenters. The fraction of sp³-hybridized carbons (Fsp3) is 0.769. The van der Waals surface area contributed by atoms with Crippen LogP contribution in [0, 0.1) is 5.92 Å². The molecular formula is C13H23N3O3S. The molecule has 2 heterocycles. The molecule has 0 bridgehead atoms. The molecule has 114 valence electrons. The standard InChI is InChI=1S/C13H23N3O3S/c1-3-12-8-15-13(19-12)9-14-7-11-5-4-6-16(10-11)20(2,17)18/h8,11,14H,3-7,9-10H2,1-2H3. The Morgan fingerprint density at radius 3 is 3.00 bits per heavy atom. The molecule has 1 saturated heterocycles. The minimum atomic E-state index is -3.06. The molecule has 1 fully saturated rings. The number of hydrogen-bond acceptors (Lipinski definition) is 5. The Hall–Kier alpha value is -0.920. The molecule has 20 heavy (non-hydrogen) atoms. The maximum absolute atomic E-state index is 11.5. The van der Waals surface area contributed by atoms with Gasteiger partial charge in [-0.3, -0.25) is 0 Å². The average Bonchev–Trinajstić information content (AvgIpc) is 2.86. The lowest BCUT2D eigenvalue weighted by atomic mass is 10.00. The zero-order chi connectivity index (χ0) is 14.6. The van der Waals surface area contributed by atoms with E-state index in [1.807, 2.05) is 6.92 Å². The highest BCUT2D eigenvalue weighted by atomic mass is 32.2. The van der Waals surface area contributed by atoms with E-state index in [0.29, 0.717) is 31.4 Å². The third-order valence-electron chi connectivity index (χ3n) is 3.61. The molecule has 7 heteroatoms. The summed E-state index contributed by atoms with van der Waals surface area (Å²) in [5.41, 5.74) is 0. The van der Waals surface area contributed by atoms with Crippen molar-refractivity contribution < 1.29 is 12.8 Å². The normalized spacial score (nSPS) is 21.2. The van der Waals surface area contributed by atoms with Crippen LogP contribution in [0.25, 0.3) is 0 Å². The van der Waals surface area contributed by atoms with Gasteiger partial charge in [0.2, 0.25) is 15.9 Å². The van der Waals surface area contributed by atoms with Crippen molar-refractivity contribution in [2.45, 2.75) is 32.7 Å². The second kappa shape index (κ2) is 6.69. The number of hydrogen-bond donors (Lipinski definition) is 1. The summed E-state index contributed by atoms with van der Waals surface area (Å²) in [6, 6.07) is 0. The number of sulfonamides is 1. The number of oxazole rings is 1. The molecule has 2 rings (SSSR count). The van der Waals surface area contributed by atoms with E-state index < -0.39 is 10.0 Å². The van der Waals surface area contributed by atoms with Gasteiger partial charge in [0.15, 0.2) is 0 Å². The number of aryl methyl sites for hydroxylation is 1. The molecule has 0 aromatic carbocycles. The molecule has 0 spiro atoms. The van der Waals surface area contributed by atoms with Gasteiger partial charge >= 0.3 is 0 Å². The van der Waals surface area contributed by atoms with Crippen LogP contribution in [0.3, 0.4) is 0 Å². The highest BCUT2D eigenvalue weighted by molar-refractivity contribution is 7.88. The first-order valence-electron chi connectivity index (χ1n) is 7.08. The predicted octanol–water partition coefficient (Wildman–Crippen LogP) is 0.998. The lowest BCUT2D eigenvalue weighted by Crippen LogP contribution is -2.42.